The van der Waals surface area contributed by atoms with E-state index in [1.807, 2.05) is 23.1 Å². The molecule has 2 aromatic heterocycles. The summed E-state index contributed by atoms with van der Waals surface area (Å²) in [5.74, 6) is 2.87. The highest BCUT2D eigenvalue weighted by Gasteiger charge is 2.80. The summed E-state index contributed by atoms with van der Waals surface area (Å²) in [4.78, 5) is 5.27. The zero-order valence-corrected chi connectivity index (χ0v) is 36.4. The van der Waals surface area contributed by atoms with E-state index < -0.39 is 5.41 Å². The molecule has 10 aromatic rings. The SMILES string of the molecule is c1ccc2c(c1)Sc1c(N(c3ccc(C45CC6CC7CC(C4)C75C6)cc3)c3cccc4c3sc3ccccc34)cccc1C21c2ccccc2-n2c3ccccc3c3cccc1c32. The number of hydrogen-bond donors (Lipinski definition) is 0. The standard InChI is InChI=1S/C59H42N2S2/c1-5-20-48-40(12-1)42-14-9-18-46-54(42)61(48)49-21-6-3-16-44(49)59(46)45-17-4-8-25-53(45)63-56-47(59)19-11-23-51(56)60(50-22-10-15-43-41-13-2-7-24-52(41)62-55(43)50)39-28-26-36(27-29-39)57-32-35-30-37-31-38(34-57)58(37,57)33-35/h1-29,35,37-38H,30-34H2. The maximum Gasteiger partial charge on any atom is 0.0765 e. The lowest BCUT2D eigenvalue weighted by molar-refractivity contribution is -0.198. The first-order valence-electron chi connectivity index (χ1n) is 23.0. The maximum atomic E-state index is 2.63. The van der Waals surface area contributed by atoms with Crippen LogP contribution >= 0.6 is 23.1 Å². The fourth-order valence-corrected chi connectivity index (χ4v) is 17.9. The van der Waals surface area contributed by atoms with E-state index in [0.717, 1.165) is 17.8 Å². The van der Waals surface area contributed by atoms with Crippen molar-refractivity contribution >= 4 is 82.1 Å². The van der Waals surface area contributed by atoms with Crippen LogP contribution in [0.1, 0.15) is 59.9 Å². The van der Waals surface area contributed by atoms with Gasteiger partial charge < -0.3 is 9.47 Å². The van der Waals surface area contributed by atoms with E-state index in [2.05, 4.69) is 185 Å². The van der Waals surface area contributed by atoms with E-state index in [0.29, 0.717) is 10.8 Å². The van der Waals surface area contributed by atoms with Gasteiger partial charge in [-0.25, -0.2) is 0 Å². The second-order valence-electron chi connectivity index (χ2n) is 19.7. The van der Waals surface area contributed by atoms with E-state index in [1.165, 1.54) is 129 Å². The Bertz CT molecular complexity index is 3650. The minimum absolute atomic E-state index is 0.397. The molecule has 0 radical (unpaired) electrons. The van der Waals surface area contributed by atoms with Crippen molar-refractivity contribution in [1.29, 1.82) is 0 Å². The van der Waals surface area contributed by atoms with Crippen molar-refractivity contribution in [3.05, 3.63) is 204 Å². The number of nitrogens with zero attached hydrogens (tertiary/aromatic N) is 2. The highest BCUT2D eigenvalue weighted by molar-refractivity contribution is 7.99. The third-order valence-electron chi connectivity index (χ3n) is 17.5. The number of rotatable bonds is 4. The number of benzene rings is 8. The predicted molar refractivity (Wildman–Crippen MR) is 262 cm³/mol. The molecule has 4 heteroatoms. The second-order valence-corrected chi connectivity index (χ2v) is 21.8. The Labute approximate surface area is 374 Å². The van der Waals surface area contributed by atoms with E-state index >= 15 is 0 Å². The Balaban J connectivity index is 0.978. The van der Waals surface area contributed by atoms with Crippen LogP contribution in [0.15, 0.2) is 186 Å². The molecule has 4 saturated carbocycles. The summed E-state index contributed by atoms with van der Waals surface area (Å²) in [6, 6.07) is 67.8. The summed E-state index contributed by atoms with van der Waals surface area (Å²) in [6.07, 6.45) is 7.28. The summed E-state index contributed by atoms with van der Waals surface area (Å²) in [7, 11) is 0. The van der Waals surface area contributed by atoms with Gasteiger partial charge in [-0.2, -0.15) is 0 Å². The third kappa shape index (κ3) is 3.91. The second kappa shape index (κ2) is 11.7. The van der Waals surface area contributed by atoms with Gasteiger partial charge in [0.25, 0.3) is 0 Å². The summed E-state index contributed by atoms with van der Waals surface area (Å²) in [5, 5.41) is 5.27. The summed E-state index contributed by atoms with van der Waals surface area (Å²) < 4.78 is 5.22. The number of anilines is 3. The van der Waals surface area contributed by atoms with Gasteiger partial charge in [-0.05, 0) is 132 Å². The van der Waals surface area contributed by atoms with Crippen LogP contribution in [0.5, 0.6) is 0 Å². The number of fused-ring (bicyclic) bond motifs is 15. The normalized spacial score (nSPS) is 26.4. The number of hydrogen-bond acceptors (Lipinski definition) is 3. The summed E-state index contributed by atoms with van der Waals surface area (Å²) in [5.41, 5.74) is 15.0. The molecule has 0 amide bonds. The first kappa shape index (κ1) is 34.4. The average molecular weight is 843 g/mol. The molecule has 0 saturated heterocycles. The fourth-order valence-electron chi connectivity index (χ4n) is 15.4. The van der Waals surface area contributed by atoms with Gasteiger partial charge >= 0.3 is 0 Å². The molecule has 6 unspecified atom stereocenters. The van der Waals surface area contributed by atoms with Gasteiger partial charge in [0, 0.05) is 47.1 Å². The van der Waals surface area contributed by atoms with Crippen molar-refractivity contribution in [2.24, 2.45) is 23.2 Å². The molecule has 4 heterocycles. The summed E-state index contributed by atoms with van der Waals surface area (Å²) in [6.45, 7) is 0. The van der Waals surface area contributed by atoms with Crippen LogP contribution in [0.25, 0.3) is 47.7 Å². The third-order valence-corrected chi connectivity index (χ3v) is 19.9. The lowest BCUT2D eigenvalue weighted by Gasteiger charge is -2.73. The molecule has 6 aliphatic rings. The molecule has 63 heavy (non-hydrogen) atoms. The molecule has 6 atom stereocenters. The van der Waals surface area contributed by atoms with E-state index in [9.17, 15) is 0 Å². The molecular weight excluding hydrogens is 801 g/mol. The van der Waals surface area contributed by atoms with Crippen LogP contribution in [0, 0.1) is 23.2 Å². The van der Waals surface area contributed by atoms with Crippen molar-refractivity contribution in [3.63, 3.8) is 0 Å². The Morgan fingerprint density at radius 1 is 0.524 bits per heavy atom. The Morgan fingerprint density at radius 3 is 2.14 bits per heavy atom. The predicted octanol–water partition coefficient (Wildman–Crippen LogP) is 15.9. The molecule has 8 aromatic carbocycles. The van der Waals surface area contributed by atoms with Crippen molar-refractivity contribution in [3.8, 4) is 5.69 Å². The van der Waals surface area contributed by atoms with Crippen LogP contribution in [0.2, 0.25) is 0 Å². The Hall–Kier alpha value is -6.07. The van der Waals surface area contributed by atoms with Crippen LogP contribution in [0.4, 0.5) is 17.1 Å². The molecule has 2 nitrogen and oxygen atoms in total. The molecule has 2 spiro atoms. The van der Waals surface area contributed by atoms with Crippen molar-refractivity contribution in [1.82, 2.24) is 4.57 Å². The monoisotopic (exact) mass is 842 g/mol. The lowest BCUT2D eigenvalue weighted by atomic mass is 9.31. The first-order chi connectivity index (χ1) is 31.2. The van der Waals surface area contributed by atoms with Crippen molar-refractivity contribution in [2.45, 2.75) is 52.7 Å². The number of para-hydroxylation sites is 3. The highest BCUT2D eigenvalue weighted by atomic mass is 32.2. The molecule has 2 bridgehead atoms. The summed E-state index contributed by atoms with van der Waals surface area (Å²) >= 11 is 3.88. The van der Waals surface area contributed by atoms with Crippen molar-refractivity contribution in [2.75, 3.05) is 4.90 Å². The lowest BCUT2D eigenvalue weighted by Crippen LogP contribution is -2.68. The van der Waals surface area contributed by atoms with Gasteiger partial charge in [-0.15, -0.1) is 11.3 Å². The van der Waals surface area contributed by atoms with E-state index in [-0.39, 0.29) is 0 Å². The molecule has 4 aliphatic carbocycles. The Kier molecular flexibility index (Phi) is 6.41. The Morgan fingerprint density at radius 2 is 1.24 bits per heavy atom. The molecular formula is C59H42N2S2. The molecule has 4 fully saturated rings. The smallest absolute Gasteiger partial charge is 0.0765 e. The van der Waals surface area contributed by atoms with Gasteiger partial charge in [0.15, 0.2) is 0 Å². The van der Waals surface area contributed by atoms with Gasteiger partial charge in [-0.1, -0.05) is 139 Å². The van der Waals surface area contributed by atoms with E-state index in [4.69, 9.17) is 0 Å². The number of thiophene rings is 1. The van der Waals surface area contributed by atoms with Gasteiger partial charge in [0.1, 0.15) is 0 Å². The minimum atomic E-state index is -0.548. The first-order valence-corrected chi connectivity index (χ1v) is 24.6. The topological polar surface area (TPSA) is 8.17 Å². The van der Waals surface area contributed by atoms with Crippen molar-refractivity contribution < 1.29 is 0 Å². The maximum absolute atomic E-state index is 2.63. The zero-order chi connectivity index (χ0) is 40.8. The highest BCUT2D eigenvalue weighted by Crippen LogP contribution is 2.86. The van der Waals surface area contributed by atoms with Gasteiger partial charge in [0.05, 0.1) is 38.2 Å². The molecule has 16 rings (SSSR count). The van der Waals surface area contributed by atoms with Gasteiger partial charge in [0.2, 0.25) is 0 Å². The molecule has 300 valence electrons. The fraction of sp³-hybridized carbons (Fsp3) is 0.186. The average Bonchev–Trinajstić information content (AvgIpc) is 4.07. The van der Waals surface area contributed by atoms with Crippen LogP contribution in [-0.2, 0) is 10.8 Å². The van der Waals surface area contributed by atoms with Gasteiger partial charge in [-0.3, -0.25) is 0 Å². The van der Waals surface area contributed by atoms with Crippen LogP contribution in [0.3, 0.4) is 0 Å². The quantitative estimate of drug-likeness (QED) is 0.174. The minimum Gasteiger partial charge on any atom is -0.309 e. The largest absolute Gasteiger partial charge is 0.309 e. The zero-order valence-electron chi connectivity index (χ0n) is 34.7. The molecule has 0 N–H and O–H groups in total. The van der Waals surface area contributed by atoms with Crippen LogP contribution < -0.4 is 4.90 Å². The van der Waals surface area contributed by atoms with Crippen LogP contribution in [-0.4, -0.2) is 4.57 Å². The number of aromatic nitrogens is 1. The van der Waals surface area contributed by atoms with E-state index in [1.54, 1.807) is 5.56 Å². The molecule has 2 aliphatic heterocycles.